The summed E-state index contributed by atoms with van der Waals surface area (Å²) in [5.41, 5.74) is 0.782. The van der Waals surface area contributed by atoms with Crippen LogP contribution < -0.4 is 4.90 Å². The number of anilines is 1. The van der Waals surface area contributed by atoms with Crippen LogP contribution in [0.15, 0.2) is 30.3 Å². The highest BCUT2D eigenvalue weighted by Crippen LogP contribution is 2.34. The van der Waals surface area contributed by atoms with Gasteiger partial charge in [0.1, 0.15) is 0 Å². The first kappa shape index (κ1) is 12.6. The quantitative estimate of drug-likeness (QED) is 0.890. The molecule has 0 saturated carbocycles. The van der Waals surface area contributed by atoms with Gasteiger partial charge in [0, 0.05) is 12.1 Å². The van der Waals surface area contributed by atoms with E-state index in [2.05, 4.69) is 0 Å². The van der Waals surface area contributed by atoms with Gasteiger partial charge < -0.3 is 10.0 Å². The topological polar surface area (TPSA) is 57.6 Å². The normalized spacial score (nSPS) is 23.7. The molecule has 2 unspecified atom stereocenters. The molecule has 4 nitrogen and oxygen atoms in total. The summed E-state index contributed by atoms with van der Waals surface area (Å²) in [5, 5.41) is 9.24. The largest absolute Gasteiger partial charge is 0.481 e. The molecule has 96 valence electrons. The summed E-state index contributed by atoms with van der Waals surface area (Å²) in [6.45, 7) is 3.91. The van der Waals surface area contributed by atoms with Crippen LogP contribution in [0.1, 0.15) is 20.3 Å². The minimum atomic E-state index is -0.888. The molecule has 2 atom stereocenters. The molecular weight excluding hydrogens is 230 g/mol. The van der Waals surface area contributed by atoms with Crippen LogP contribution in [0, 0.1) is 11.8 Å². The van der Waals surface area contributed by atoms with Crippen molar-refractivity contribution in [2.75, 3.05) is 4.90 Å². The first-order valence-corrected chi connectivity index (χ1v) is 6.12. The zero-order chi connectivity index (χ0) is 13.3. The second-order valence-electron chi connectivity index (χ2n) is 4.98. The molecule has 1 heterocycles. The van der Waals surface area contributed by atoms with Gasteiger partial charge in [-0.2, -0.15) is 0 Å². The van der Waals surface area contributed by atoms with Gasteiger partial charge in [0.2, 0.25) is 5.91 Å². The minimum absolute atomic E-state index is 0.0904. The number of benzene rings is 1. The summed E-state index contributed by atoms with van der Waals surface area (Å²) in [6.07, 6.45) is 0.0904. The third kappa shape index (κ3) is 2.10. The maximum atomic E-state index is 12.1. The van der Waals surface area contributed by atoms with Gasteiger partial charge in [-0.15, -0.1) is 0 Å². The van der Waals surface area contributed by atoms with Crippen molar-refractivity contribution in [3.63, 3.8) is 0 Å². The molecule has 0 radical (unpaired) electrons. The number of carboxylic acids is 1. The lowest BCUT2D eigenvalue weighted by atomic mass is 9.91. The Morgan fingerprint density at radius 3 is 2.44 bits per heavy atom. The first-order chi connectivity index (χ1) is 8.52. The first-order valence-electron chi connectivity index (χ1n) is 6.12. The predicted octanol–water partition coefficient (Wildman–Crippen LogP) is 2.15. The van der Waals surface area contributed by atoms with E-state index in [1.807, 2.05) is 44.2 Å². The Balaban J connectivity index is 2.39. The van der Waals surface area contributed by atoms with E-state index in [1.165, 1.54) is 0 Å². The van der Waals surface area contributed by atoms with E-state index < -0.39 is 11.9 Å². The van der Waals surface area contributed by atoms with Crippen LogP contribution in [0.25, 0.3) is 0 Å². The van der Waals surface area contributed by atoms with Crippen LogP contribution in [0.4, 0.5) is 5.69 Å². The number of hydrogen-bond acceptors (Lipinski definition) is 2. The third-order valence-corrected chi connectivity index (χ3v) is 3.41. The highest BCUT2D eigenvalue weighted by atomic mass is 16.4. The third-order valence-electron chi connectivity index (χ3n) is 3.41. The average molecular weight is 247 g/mol. The molecule has 1 aromatic rings. The minimum Gasteiger partial charge on any atom is -0.481 e. The van der Waals surface area contributed by atoms with Crippen molar-refractivity contribution in [3.05, 3.63) is 30.3 Å². The fourth-order valence-corrected chi connectivity index (χ4v) is 2.65. The molecule has 1 aliphatic rings. The van der Waals surface area contributed by atoms with Crippen molar-refractivity contribution in [2.45, 2.75) is 26.3 Å². The molecule has 0 spiro atoms. The fourth-order valence-electron chi connectivity index (χ4n) is 2.65. The fraction of sp³-hybridized carbons (Fsp3) is 0.429. The lowest BCUT2D eigenvalue weighted by Gasteiger charge is -2.30. The van der Waals surface area contributed by atoms with Crippen molar-refractivity contribution in [2.24, 2.45) is 11.8 Å². The lowest BCUT2D eigenvalue weighted by Crippen LogP contribution is -2.41. The smallest absolute Gasteiger partial charge is 0.309 e. The molecule has 1 saturated heterocycles. The summed E-state index contributed by atoms with van der Waals surface area (Å²) in [4.78, 5) is 25.0. The van der Waals surface area contributed by atoms with E-state index in [9.17, 15) is 14.7 Å². The number of carboxylic acid groups (broad SMARTS) is 1. The summed E-state index contributed by atoms with van der Waals surface area (Å²) < 4.78 is 0. The van der Waals surface area contributed by atoms with Gasteiger partial charge in [-0.1, -0.05) is 32.0 Å². The van der Waals surface area contributed by atoms with Gasteiger partial charge in [-0.3, -0.25) is 9.59 Å². The molecule has 1 N–H and O–H groups in total. The van der Waals surface area contributed by atoms with Crippen molar-refractivity contribution >= 4 is 17.6 Å². The molecule has 0 aliphatic carbocycles. The Kier molecular flexibility index (Phi) is 3.36. The van der Waals surface area contributed by atoms with Crippen LogP contribution in [-0.2, 0) is 9.59 Å². The summed E-state index contributed by atoms with van der Waals surface area (Å²) in [6, 6.07) is 9.01. The van der Waals surface area contributed by atoms with E-state index in [4.69, 9.17) is 0 Å². The Bertz CT molecular complexity index is 455. The Morgan fingerprint density at radius 2 is 1.94 bits per heavy atom. The number of carbonyl (C=O) groups is 2. The van der Waals surface area contributed by atoms with Crippen LogP contribution >= 0.6 is 0 Å². The summed E-state index contributed by atoms with van der Waals surface area (Å²) in [5.74, 6) is -1.50. The van der Waals surface area contributed by atoms with Crippen molar-refractivity contribution in [1.82, 2.24) is 0 Å². The molecule has 2 rings (SSSR count). The highest BCUT2D eigenvalue weighted by molar-refractivity contribution is 6.00. The molecule has 18 heavy (non-hydrogen) atoms. The van der Waals surface area contributed by atoms with Gasteiger partial charge in [-0.05, 0) is 18.1 Å². The molecular formula is C14H17NO3. The highest BCUT2D eigenvalue weighted by Gasteiger charge is 2.45. The predicted molar refractivity (Wildman–Crippen MR) is 68.3 cm³/mol. The molecule has 1 aliphatic heterocycles. The van der Waals surface area contributed by atoms with Gasteiger partial charge in [0.25, 0.3) is 0 Å². The zero-order valence-corrected chi connectivity index (χ0v) is 10.5. The standard InChI is InChI=1S/C14H17NO3/c1-9(2)13-11(14(17)18)8-12(16)15(13)10-6-4-3-5-7-10/h3-7,9,11,13H,8H2,1-2H3,(H,17,18). The molecule has 0 bridgehead atoms. The zero-order valence-electron chi connectivity index (χ0n) is 10.5. The summed E-state index contributed by atoms with van der Waals surface area (Å²) >= 11 is 0. The van der Waals surface area contributed by atoms with Crippen LogP contribution in [-0.4, -0.2) is 23.0 Å². The number of nitrogens with zero attached hydrogens (tertiary/aromatic N) is 1. The average Bonchev–Trinajstić information content (AvgIpc) is 2.68. The Hall–Kier alpha value is -1.84. The van der Waals surface area contributed by atoms with E-state index in [0.29, 0.717) is 0 Å². The number of carbonyl (C=O) groups excluding carboxylic acids is 1. The Morgan fingerprint density at radius 1 is 1.33 bits per heavy atom. The van der Waals surface area contributed by atoms with Crippen molar-refractivity contribution in [1.29, 1.82) is 0 Å². The number of rotatable bonds is 3. The van der Waals surface area contributed by atoms with Gasteiger partial charge in [0.15, 0.2) is 0 Å². The summed E-state index contributed by atoms with van der Waals surface area (Å²) in [7, 11) is 0. The second-order valence-corrected chi connectivity index (χ2v) is 4.98. The van der Waals surface area contributed by atoms with Crippen LogP contribution in [0.5, 0.6) is 0 Å². The Labute approximate surface area is 106 Å². The van der Waals surface area contributed by atoms with Gasteiger partial charge in [0.05, 0.1) is 12.0 Å². The van der Waals surface area contributed by atoms with Gasteiger partial charge in [-0.25, -0.2) is 0 Å². The maximum absolute atomic E-state index is 12.1. The van der Waals surface area contributed by atoms with E-state index in [0.717, 1.165) is 5.69 Å². The lowest BCUT2D eigenvalue weighted by molar-refractivity contribution is -0.142. The molecule has 0 aromatic heterocycles. The van der Waals surface area contributed by atoms with E-state index in [1.54, 1.807) is 4.90 Å². The number of para-hydroxylation sites is 1. The SMILES string of the molecule is CC(C)C1C(C(=O)O)CC(=O)N1c1ccccc1. The van der Waals surface area contributed by atoms with E-state index in [-0.39, 0.29) is 24.3 Å². The van der Waals surface area contributed by atoms with Crippen molar-refractivity contribution in [3.8, 4) is 0 Å². The molecule has 1 aromatic carbocycles. The van der Waals surface area contributed by atoms with Crippen molar-refractivity contribution < 1.29 is 14.7 Å². The van der Waals surface area contributed by atoms with Gasteiger partial charge >= 0.3 is 5.97 Å². The van der Waals surface area contributed by atoms with Crippen LogP contribution in [0.3, 0.4) is 0 Å². The molecule has 1 fully saturated rings. The van der Waals surface area contributed by atoms with E-state index >= 15 is 0 Å². The molecule has 4 heteroatoms. The number of aliphatic carboxylic acids is 1. The number of amides is 1. The van der Waals surface area contributed by atoms with Crippen LogP contribution in [0.2, 0.25) is 0 Å². The maximum Gasteiger partial charge on any atom is 0.309 e. The molecule has 1 amide bonds. The number of hydrogen-bond donors (Lipinski definition) is 1. The monoisotopic (exact) mass is 247 g/mol. The second kappa shape index (κ2) is 4.80.